The van der Waals surface area contributed by atoms with Crippen LogP contribution < -0.4 is 0 Å². The average Bonchev–Trinajstić information content (AvgIpc) is 2.57. The molecular weight excluding hydrogens is 223 g/mol. The molecule has 70 valence electrons. The van der Waals surface area contributed by atoms with Crippen molar-refractivity contribution in [3.05, 3.63) is 22.2 Å². The number of hydrogen-bond donors (Lipinski definition) is 0. The maximum Gasteiger partial charge on any atom is 0.133 e. The standard InChI is InChI=1S/C8H4Cl2N4/c9-5-1-2-6-8(7(5)10)12-13-14(6)4-3-11/h1-2H,4H2. The van der Waals surface area contributed by atoms with Crippen molar-refractivity contribution in [2.45, 2.75) is 6.54 Å². The molecule has 1 heterocycles. The van der Waals surface area contributed by atoms with Crippen molar-refractivity contribution in [1.29, 1.82) is 5.26 Å². The van der Waals surface area contributed by atoms with Gasteiger partial charge in [0.2, 0.25) is 0 Å². The molecule has 2 aromatic rings. The van der Waals surface area contributed by atoms with Crippen molar-refractivity contribution in [1.82, 2.24) is 15.0 Å². The van der Waals surface area contributed by atoms with Crippen LogP contribution >= 0.6 is 23.2 Å². The van der Waals surface area contributed by atoms with Crippen molar-refractivity contribution >= 4 is 34.2 Å². The monoisotopic (exact) mass is 226 g/mol. The van der Waals surface area contributed by atoms with Gasteiger partial charge in [0.25, 0.3) is 0 Å². The maximum atomic E-state index is 8.52. The summed E-state index contributed by atoms with van der Waals surface area (Å²) in [6.07, 6.45) is 0. The Morgan fingerprint density at radius 1 is 1.43 bits per heavy atom. The zero-order chi connectivity index (χ0) is 10.1. The van der Waals surface area contributed by atoms with Gasteiger partial charge in [-0.25, -0.2) is 4.68 Å². The SMILES string of the molecule is N#CCn1nnc2c(Cl)c(Cl)ccc21. The molecule has 0 N–H and O–H groups in total. The van der Waals surface area contributed by atoms with Crippen LogP contribution in [0.25, 0.3) is 11.0 Å². The first-order chi connectivity index (χ1) is 6.74. The van der Waals surface area contributed by atoms with Crippen LogP contribution in [0.15, 0.2) is 12.1 Å². The number of hydrogen-bond acceptors (Lipinski definition) is 3. The highest BCUT2D eigenvalue weighted by atomic mass is 35.5. The summed E-state index contributed by atoms with van der Waals surface area (Å²) in [5, 5.41) is 17.0. The second-order valence-corrected chi connectivity index (χ2v) is 3.42. The smallest absolute Gasteiger partial charge is 0.133 e. The van der Waals surface area contributed by atoms with Crippen LogP contribution in [0, 0.1) is 11.3 Å². The Morgan fingerprint density at radius 2 is 2.21 bits per heavy atom. The summed E-state index contributed by atoms with van der Waals surface area (Å²) in [4.78, 5) is 0. The molecule has 2 rings (SSSR count). The molecule has 0 atom stereocenters. The van der Waals surface area contributed by atoms with Crippen molar-refractivity contribution in [2.24, 2.45) is 0 Å². The van der Waals surface area contributed by atoms with Gasteiger partial charge in [0, 0.05) is 0 Å². The molecule has 0 bridgehead atoms. The molecule has 0 fully saturated rings. The van der Waals surface area contributed by atoms with Crippen LogP contribution in [-0.4, -0.2) is 15.0 Å². The molecule has 1 aromatic heterocycles. The molecule has 0 spiro atoms. The number of fused-ring (bicyclic) bond motifs is 1. The lowest BCUT2D eigenvalue weighted by Crippen LogP contribution is -1.97. The Morgan fingerprint density at radius 3 is 2.93 bits per heavy atom. The van der Waals surface area contributed by atoms with Gasteiger partial charge in [0.15, 0.2) is 0 Å². The van der Waals surface area contributed by atoms with E-state index in [4.69, 9.17) is 28.5 Å². The number of rotatable bonds is 1. The van der Waals surface area contributed by atoms with E-state index in [-0.39, 0.29) is 6.54 Å². The van der Waals surface area contributed by atoms with Gasteiger partial charge in [0.1, 0.15) is 12.1 Å². The molecule has 0 saturated heterocycles. The summed E-state index contributed by atoms with van der Waals surface area (Å²) in [6.45, 7) is 0.147. The minimum atomic E-state index is 0.147. The highest BCUT2D eigenvalue weighted by Crippen LogP contribution is 2.28. The van der Waals surface area contributed by atoms with Crippen LogP contribution in [0.5, 0.6) is 0 Å². The molecule has 1 aromatic carbocycles. The van der Waals surface area contributed by atoms with E-state index in [9.17, 15) is 0 Å². The van der Waals surface area contributed by atoms with E-state index in [2.05, 4.69) is 10.3 Å². The molecular formula is C8H4Cl2N4. The molecule has 4 nitrogen and oxygen atoms in total. The lowest BCUT2D eigenvalue weighted by Gasteiger charge is -1.96. The first-order valence-corrected chi connectivity index (χ1v) is 4.54. The number of benzene rings is 1. The van der Waals surface area contributed by atoms with Crippen LogP contribution in [-0.2, 0) is 6.54 Å². The van der Waals surface area contributed by atoms with Gasteiger partial charge in [-0.15, -0.1) is 5.10 Å². The lowest BCUT2D eigenvalue weighted by molar-refractivity contribution is 0.689. The normalized spacial score (nSPS) is 10.4. The fraction of sp³-hybridized carbons (Fsp3) is 0.125. The Balaban J connectivity index is 2.72. The van der Waals surface area contributed by atoms with E-state index >= 15 is 0 Å². The maximum absolute atomic E-state index is 8.52. The number of nitriles is 1. The van der Waals surface area contributed by atoms with Crippen LogP contribution in [0.1, 0.15) is 0 Å². The second kappa shape index (κ2) is 3.45. The molecule has 0 amide bonds. The quantitative estimate of drug-likeness (QED) is 0.750. The molecule has 0 aliphatic carbocycles. The molecule has 0 unspecified atom stereocenters. The number of halogens is 2. The van der Waals surface area contributed by atoms with E-state index in [0.717, 1.165) is 0 Å². The number of aromatic nitrogens is 3. The van der Waals surface area contributed by atoms with E-state index in [1.54, 1.807) is 12.1 Å². The summed E-state index contributed by atoms with van der Waals surface area (Å²) in [5.74, 6) is 0. The van der Waals surface area contributed by atoms with Gasteiger partial charge in [-0.3, -0.25) is 0 Å². The topological polar surface area (TPSA) is 54.5 Å². The predicted molar refractivity (Wildman–Crippen MR) is 53.2 cm³/mol. The Bertz CT molecular complexity index is 526. The summed E-state index contributed by atoms with van der Waals surface area (Å²) >= 11 is 11.7. The Labute approximate surface area is 89.6 Å². The van der Waals surface area contributed by atoms with E-state index in [0.29, 0.717) is 21.1 Å². The summed E-state index contributed by atoms with van der Waals surface area (Å²) in [7, 11) is 0. The Hall–Kier alpha value is -1.31. The highest BCUT2D eigenvalue weighted by molar-refractivity contribution is 6.44. The van der Waals surface area contributed by atoms with E-state index < -0.39 is 0 Å². The fourth-order valence-corrected chi connectivity index (χ4v) is 1.51. The molecule has 0 aliphatic heterocycles. The first-order valence-electron chi connectivity index (χ1n) is 3.78. The minimum absolute atomic E-state index is 0.147. The first kappa shape index (κ1) is 9.25. The third-order valence-corrected chi connectivity index (χ3v) is 2.59. The van der Waals surface area contributed by atoms with E-state index in [1.165, 1.54) is 4.68 Å². The lowest BCUT2D eigenvalue weighted by atomic mass is 10.3. The van der Waals surface area contributed by atoms with Crippen LogP contribution in [0.4, 0.5) is 0 Å². The summed E-state index contributed by atoms with van der Waals surface area (Å²) in [6, 6.07) is 5.37. The van der Waals surface area contributed by atoms with Crippen molar-refractivity contribution in [3.8, 4) is 6.07 Å². The van der Waals surface area contributed by atoms with Gasteiger partial charge in [-0.05, 0) is 12.1 Å². The highest BCUT2D eigenvalue weighted by Gasteiger charge is 2.09. The predicted octanol–water partition coefficient (Wildman–Crippen LogP) is 2.26. The molecule has 0 aliphatic rings. The van der Waals surface area contributed by atoms with Gasteiger partial charge in [-0.1, -0.05) is 28.4 Å². The van der Waals surface area contributed by atoms with Crippen LogP contribution in [0.3, 0.4) is 0 Å². The van der Waals surface area contributed by atoms with Gasteiger partial charge >= 0.3 is 0 Å². The van der Waals surface area contributed by atoms with E-state index in [1.807, 2.05) is 6.07 Å². The minimum Gasteiger partial charge on any atom is -0.230 e. The molecule has 0 radical (unpaired) electrons. The second-order valence-electron chi connectivity index (χ2n) is 2.63. The fourth-order valence-electron chi connectivity index (χ4n) is 1.16. The zero-order valence-corrected chi connectivity index (χ0v) is 8.42. The number of nitrogens with zero attached hydrogens (tertiary/aromatic N) is 4. The van der Waals surface area contributed by atoms with Crippen molar-refractivity contribution in [3.63, 3.8) is 0 Å². The zero-order valence-electron chi connectivity index (χ0n) is 6.91. The van der Waals surface area contributed by atoms with Gasteiger partial charge < -0.3 is 0 Å². The third-order valence-electron chi connectivity index (χ3n) is 1.80. The largest absolute Gasteiger partial charge is 0.230 e. The Kier molecular flexibility index (Phi) is 2.28. The van der Waals surface area contributed by atoms with Gasteiger partial charge in [0.05, 0.1) is 21.6 Å². The molecule has 14 heavy (non-hydrogen) atoms. The van der Waals surface area contributed by atoms with Crippen LogP contribution in [0.2, 0.25) is 10.0 Å². The summed E-state index contributed by atoms with van der Waals surface area (Å²) < 4.78 is 1.47. The van der Waals surface area contributed by atoms with Crippen molar-refractivity contribution < 1.29 is 0 Å². The van der Waals surface area contributed by atoms with Crippen molar-refractivity contribution in [2.75, 3.05) is 0 Å². The summed E-state index contributed by atoms with van der Waals surface area (Å²) in [5.41, 5.74) is 1.23. The molecule has 0 saturated carbocycles. The third kappa shape index (κ3) is 1.31. The average molecular weight is 227 g/mol. The van der Waals surface area contributed by atoms with Gasteiger partial charge in [-0.2, -0.15) is 5.26 Å². The molecule has 6 heteroatoms.